The molecular formula is C22H20N4O2. The smallest absolute Gasteiger partial charge is 0.256 e. The Morgan fingerprint density at radius 1 is 1.04 bits per heavy atom. The second-order valence-corrected chi connectivity index (χ2v) is 6.58. The Balaban J connectivity index is 1.70. The van der Waals surface area contributed by atoms with Crippen LogP contribution in [0.4, 0.5) is 5.82 Å². The fourth-order valence-electron chi connectivity index (χ4n) is 3.13. The van der Waals surface area contributed by atoms with Crippen molar-refractivity contribution in [2.75, 3.05) is 12.4 Å². The number of para-hydroxylation sites is 1. The molecule has 1 amide bonds. The van der Waals surface area contributed by atoms with Crippen molar-refractivity contribution in [2.45, 2.75) is 13.8 Å². The summed E-state index contributed by atoms with van der Waals surface area (Å²) in [6, 6.07) is 18.7. The van der Waals surface area contributed by atoms with Gasteiger partial charge in [-0.05, 0) is 55.8 Å². The lowest BCUT2D eigenvalue weighted by molar-refractivity contribution is 0.102. The van der Waals surface area contributed by atoms with E-state index in [1.165, 1.54) is 0 Å². The van der Waals surface area contributed by atoms with Crippen LogP contribution >= 0.6 is 0 Å². The summed E-state index contributed by atoms with van der Waals surface area (Å²) in [7, 11) is 1.59. The summed E-state index contributed by atoms with van der Waals surface area (Å²) in [5.74, 6) is 1.71. The lowest BCUT2D eigenvalue weighted by Crippen LogP contribution is -2.15. The predicted molar refractivity (Wildman–Crippen MR) is 109 cm³/mol. The first-order valence-electron chi connectivity index (χ1n) is 8.94. The molecule has 2 aromatic heterocycles. The van der Waals surface area contributed by atoms with E-state index in [0.29, 0.717) is 22.9 Å². The topological polar surface area (TPSA) is 69.0 Å². The van der Waals surface area contributed by atoms with Gasteiger partial charge in [0.25, 0.3) is 5.91 Å². The molecule has 2 aromatic carbocycles. The molecule has 0 aliphatic carbocycles. The van der Waals surface area contributed by atoms with Gasteiger partial charge in [-0.15, -0.1) is 0 Å². The van der Waals surface area contributed by atoms with Gasteiger partial charge in [0.1, 0.15) is 11.6 Å². The van der Waals surface area contributed by atoms with Crippen LogP contribution in [0.15, 0.2) is 60.7 Å². The summed E-state index contributed by atoms with van der Waals surface area (Å²) in [4.78, 5) is 17.4. The van der Waals surface area contributed by atoms with E-state index in [0.717, 1.165) is 22.2 Å². The first kappa shape index (κ1) is 17.7. The molecule has 6 heteroatoms. The minimum atomic E-state index is -0.221. The van der Waals surface area contributed by atoms with Gasteiger partial charge in [0.2, 0.25) is 0 Å². The van der Waals surface area contributed by atoms with Gasteiger partial charge in [-0.1, -0.05) is 18.2 Å². The van der Waals surface area contributed by atoms with E-state index in [-0.39, 0.29) is 5.91 Å². The molecule has 0 spiro atoms. The monoisotopic (exact) mass is 372 g/mol. The molecule has 1 N–H and O–H groups in total. The van der Waals surface area contributed by atoms with Crippen LogP contribution in [0.2, 0.25) is 0 Å². The number of nitrogens with zero attached hydrogens (tertiary/aromatic N) is 3. The number of carbonyl (C=O) groups excluding carboxylic acids is 1. The average molecular weight is 372 g/mol. The van der Waals surface area contributed by atoms with Crippen molar-refractivity contribution in [3.05, 3.63) is 77.5 Å². The minimum absolute atomic E-state index is 0.221. The molecule has 0 aliphatic heterocycles. The Hall–Kier alpha value is -3.67. The van der Waals surface area contributed by atoms with Gasteiger partial charge < -0.3 is 10.1 Å². The number of carbonyl (C=O) groups is 1. The maximum atomic E-state index is 12.7. The highest BCUT2D eigenvalue weighted by Crippen LogP contribution is 2.23. The molecule has 0 saturated heterocycles. The molecule has 28 heavy (non-hydrogen) atoms. The third-order valence-electron chi connectivity index (χ3n) is 4.55. The zero-order valence-corrected chi connectivity index (χ0v) is 15.9. The molecule has 0 saturated carbocycles. The molecule has 6 nitrogen and oxygen atoms in total. The fourth-order valence-corrected chi connectivity index (χ4v) is 3.13. The van der Waals surface area contributed by atoms with Gasteiger partial charge in [0, 0.05) is 17.0 Å². The number of nitrogens with one attached hydrogen (secondary N) is 1. The highest BCUT2D eigenvalue weighted by Gasteiger charge is 2.14. The van der Waals surface area contributed by atoms with Gasteiger partial charge in [-0.3, -0.25) is 4.79 Å². The van der Waals surface area contributed by atoms with Crippen molar-refractivity contribution in [3.8, 4) is 11.6 Å². The third kappa shape index (κ3) is 3.32. The second kappa shape index (κ2) is 7.15. The van der Waals surface area contributed by atoms with E-state index in [9.17, 15) is 4.79 Å². The Morgan fingerprint density at radius 2 is 1.79 bits per heavy atom. The molecule has 0 fully saturated rings. The van der Waals surface area contributed by atoms with Crippen molar-refractivity contribution in [2.24, 2.45) is 0 Å². The van der Waals surface area contributed by atoms with Crippen LogP contribution < -0.4 is 10.1 Å². The highest BCUT2D eigenvalue weighted by molar-refractivity contribution is 6.04. The molecule has 4 aromatic rings. The van der Waals surface area contributed by atoms with E-state index < -0.39 is 0 Å². The van der Waals surface area contributed by atoms with Crippen LogP contribution in [-0.4, -0.2) is 27.8 Å². The minimum Gasteiger partial charge on any atom is -0.497 e. The van der Waals surface area contributed by atoms with Crippen LogP contribution in [-0.2, 0) is 0 Å². The summed E-state index contributed by atoms with van der Waals surface area (Å²) < 4.78 is 6.80. The van der Waals surface area contributed by atoms with Crippen molar-refractivity contribution in [1.29, 1.82) is 0 Å². The zero-order chi connectivity index (χ0) is 19.7. The number of aromatic nitrogens is 3. The SMILES string of the molecule is COc1ccc(C(=O)Nc2cc(C)nn2-c2cc(C)c3ccccc3n2)cc1. The van der Waals surface area contributed by atoms with Crippen molar-refractivity contribution in [1.82, 2.24) is 14.8 Å². The number of hydrogen-bond donors (Lipinski definition) is 1. The van der Waals surface area contributed by atoms with Crippen LogP contribution in [0.1, 0.15) is 21.6 Å². The molecule has 140 valence electrons. The van der Waals surface area contributed by atoms with Crippen molar-refractivity contribution >= 4 is 22.6 Å². The summed E-state index contributed by atoms with van der Waals surface area (Å²) in [5, 5.41) is 8.55. The van der Waals surface area contributed by atoms with Crippen LogP contribution in [0.25, 0.3) is 16.7 Å². The normalized spacial score (nSPS) is 10.8. The number of fused-ring (bicyclic) bond motifs is 1. The molecule has 0 atom stereocenters. The molecular weight excluding hydrogens is 352 g/mol. The van der Waals surface area contributed by atoms with E-state index in [2.05, 4.69) is 10.4 Å². The number of benzene rings is 2. The number of rotatable bonds is 4. The summed E-state index contributed by atoms with van der Waals surface area (Å²) in [6.07, 6.45) is 0. The standard InChI is InChI=1S/C22H20N4O2/c1-14-12-20(23-19-7-5-4-6-18(14)19)26-21(13-15(2)25-26)24-22(27)16-8-10-17(28-3)11-9-16/h4-13H,1-3H3,(H,24,27). The van der Waals surface area contributed by atoms with E-state index in [4.69, 9.17) is 9.72 Å². The maximum absolute atomic E-state index is 12.7. The van der Waals surface area contributed by atoms with Crippen molar-refractivity contribution in [3.63, 3.8) is 0 Å². The molecule has 2 heterocycles. The van der Waals surface area contributed by atoms with Gasteiger partial charge in [-0.25, -0.2) is 4.98 Å². The van der Waals surface area contributed by atoms with E-state index in [1.807, 2.05) is 50.2 Å². The highest BCUT2D eigenvalue weighted by atomic mass is 16.5. The largest absolute Gasteiger partial charge is 0.497 e. The van der Waals surface area contributed by atoms with Crippen LogP contribution in [0.5, 0.6) is 5.75 Å². The average Bonchev–Trinajstić information content (AvgIpc) is 3.08. The second-order valence-electron chi connectivity index (χ2n) is 6.58. The van der Waals surface area contributed by atoms with Gasteiger partial charge >= 0.3 is 0 Å². The summed E-state index contributed by atoms with van der Waals surface area (Å²) >= 11 is 0. The summed E-state index contributed by atoms with van der Waals surface area (Å²) in [6.45, 7) is 3.92. The van der Waals surface area contributed by atoms with Crippen LogP contribution in [0, 0.1) is 13.8 Å². The lowest BCUT2D eigenvalue weighted by Gasteiger charge is -2.11. The number of methoxy groups -OCH3 is 1. The molecule has 4 rings (SSSR count). The first-order valence-corrected chi connectivity index (χ1v) is 8.94. The Labute approximate surface area is 162 Å². The van der Waals surface area contributed by atoms with Gasteiger partial charge in [-0.2, -0.15) is 9.78 Å². The third-order valence-corrected chi connectivity index (χ3v) is 4.55. The number of amides is 1. The molecule has 0 unspecified atom stereocenters. The Kier molecular flexibility index (Phi) is 4.53. The number of aryl methyl sites for hydroxylation is 2. The van der Waals surface area contributed by atoms with Gasteiger partial charge in [0.15, 0.2) is 5.82 Å². The van der Waals surface area contributed by atoms with Crippen molar-refractivity contribution < 1.29 is 9.53 Å². The quantitative estimate of drug-likeness (QED) is 0.580. The molecule has 0 radical (unpaired) electrons. The number of hydrogen-bond acceptors (Lipinski definition) is 4. The molecule has 0 aliphatic rings. The Morgan fingerprint density at radius 3 is 2.54 bits per heavy atom. The van der Waals surface area contributed by atoms with E-state index in [1.54, 1.807) is 36.1 Å². The predicted octanol–water partition coefficient (Wildman–Crippen LogP) is 4.30. The fraction of sp³-hybridized carbons (Fsp3) is 0.136. The zero-order valence-electron chi connectivity index (χ0n) is 15.9. The maximum Gasteiger partial charge on any atom is 0.256 e. The Bertz CT molecular complexity index is 1160. The number of anilines is 1. The van der Waals surface area contributed by atoms with E-state index >= 15 is 0 Å². The summed E-state index contributed by atoms with van der Waals surface area (Å²) in [5.41, 5.74) is 3.31. The van der Waals surface area contributed by atoms with Crippen LogP contribution in [0.3, 0.4) is 0 Å². The first-order chi connectivity index (χ1) is 13.5. The number of pyridine rings is 1. The molecule has 0 bridgehead atoms. The lowest BCUT2D eigenvalue weighted by atomic mass is 10.1. The number of ether oxygens (including phenoxy) is 1. The van der Waals surface area contributed by atoms with Gasteiger partial charge in [0.05, 0.1) is 18.3 Å².